The van der Waals surface area contributed by atoms with Gasteiger partial charge in [0.05, 0.1) is 13.2 Å². The highest BCUT2D eigenvalue weighted by Crippen LogP contribution is 2.45. The van der Waals surface area contributed by atoms with Gasteiger partial charge in [0.25, 0.3) is 0 Å². The maximum Gasteiger partial charge on any atom is 0.0589 e. The van der Waals surface area contributed by atoms with Gasteiger partial charge in [-0.25, -0.2) is 0 Å². The molecule has 0 spiro atoms. The number of aromatic amines is 1. The van der Waals surface area contributed by atoms with E-state index in [1.54, 1.807) is 0 Å². The van der Waals surface area contributed by atoms with E-state index in [1.807, 2.05) is 0 Å². The van der Waals surface area contributed by atoms with E-state index in [0.29, 0.717) is 5.92 Å². The molecule has 19 heavy (non-hydrogen) atoms. The highest BCUT2D eigenvalue weighted by Gasteiger charge is 2.47. The quantitative estimate of drug-likeness (QED) is 0.886. The standard InChI is InChI=1S/C16H22N2O/c1-3-12(8-17)16(9-19-10-16)15-11(2)18-14-7-5-4-6-13(14)15/h4-7,12,18H,3,8-10,17H2,1-2H3. The maximum absolute atomic E-state index is 6.01. The van der Waals surface area contributed by atoms with Crippen LogP contribution in [0, 0.1) is 12.8 Å². The van der Waals surface area contributed by atoms with Crippen molar-refractivity contribution < 1.29 is 4.74 Å². The predicted octanol–water partition coefficient (Wildman–Crippen LogP) is 2.73. The van der Waals surface area contributed by atoms with E-state index >= 15 is 0 Å². The average molecular weight is 258 g/mol. The molecule has 1 aromatic heterocycles. The lowest BCUT2D eigenvalue weighted by Gasteiger charge is -2.47. The summed E-state index contributed by atoms with van der Waals surface area (Å²) in [6.45, 7) is 6.70. The molecule has 102 valence electrons. The monoisotopic (exact) mass is 258 g/mol. The Morgan fingerprint density at radius 2 is 2.11 bits per heavy atom. The van der Waals surface area contributed by atoms with Crippen LogP contribution in [0.4, 0.5) is 0 Å². The second kappa shape index (κ2) is 4.66. The summed E-state index contributed by atoms with van der Waals surface area (Å²) in [6.07, 6.45) is 1.10. The Morgan fingerprint density at radius 3 is 2.68 bits per heavy atom. The van der Waals surface area contributed by atoms with Gasteiger partial charge in [0.15, 0.2) is 0 Å². The molecule has 1 saturated heterocycles. The fourth-order valence-electron chi connectivity index (χ4n) is 3.61. The Bertz CT molecular complexity index is 579. The lowest BCUT2D eigenvalue weighted by Crippen LogP contribution is -2.54. The van der Waals surface area contributed by atoms with Gasteiger partial charge in [-0.2, -0.15) is 0 Å². The number of nitrogens with one attached hydrogen (secondary N) is 1. The van der Waals surface area contributed by atoms with Crippen molar-refractivity contribution in [3.05, 3.63) is 35.5 Å². The van der Waals surface area contributed by atoms with Crippen molar-refractivity contribution >= 4 is 10.9 Å². The van der Waals surface area contributed by atoms with Crippen LogP contribution in [0.5, 0.6) is 0 Å². The number of benzene rings is 1. The van der Waals surface area contributed by atoms with Crippen molar-refractivity contribution in [2.75, 3.05) is 19.8 Å². The molecule has 0 aliphatic carbocycles. The molecule has 1 fully saturated rings. The van der Waals surface area contributed by atoms with Crippen molar-refractivity contribution in [3.8, 4) is 0 Å². The molecule has 0 amide bonds. The number of H-pyrrole nitrogens is 1. The van der Waals surface area contributed by atoms with Crippen LogP contribution >= 0.6 is 0 Å². The van der Waals surface area contributed by atoms with E-state index in [9.17, 15) is 0 Å². The van der Waals surface area contributed by atoms with Gasteiger partial charge in [-0.1, -0.05) is 31.5 Å². The number of hydrogen-bond acceptors (Lipinski definition) is 2. The third-order valence-corrected chi connectivity index (χ3v) is 4.67. The van der Waals surface area contributed by atoms with E-state index in [0.717, 1.165) is 26.2 Å². The van der Waals surface area contributed by atoms with Crippen LogP contribution in [0.2, 0.25) is 0 Å². The van der Waals surface area contributed by atoms with E-state index in [4.69, 9.17) is 10.5 Å². The first-order chi connectivity index (χ1) is 9.23. The summed E-state index contributed by atoms with van der Waals surface area (Å²) < 4.78 is 5.58. The average Bonchev–Trinajstić information content (AvgIpc) is 2.70. The van der Waals surface area contributed by atoms with Gasteiger partial charge in [0.2, 0.25) is 0 Å². The molecule has 2 aromatic rings. The first-order valence-corrected chi connectivity index (χ1v) is 7.08. The zero-order valence-electron chi connectivity index (χ0n) is 11.7. The lowest BCUT2D eigenvalue weighted by atomic mass is 9.66. The van der Waals surface area contributed by atoms with Crippen molar-refractivity contribution in [1.82, 2.24) is 4.98 Å². The molecule has 1 aliphatic rings. The molecule has 3 heteroatoms. The molecule has 0 radical (unpaired) electrons. The van der Waals surface area contributed by atoms with Gasteiger partial charge in [-0.3, -0.25) is 0 Å². The number of nitrogens with two attached hydrogens (primary N) is 1. The summed E-state index contributed by atoms with van der Waals surface area (Å²) in [7, 11) is 0. The lowest BCUT2D eigenvalue weighted by molar-refractivity contribution is -0.0893. The van der Waals surface area contributed by atoms with Gasteiger partial charge >= 0.3 is 0 Å². The fourth-order valence-corrected chi connectivity index (χ4v) is 3.61. The zero-order chi connectivity index (χ0) is 13.5. The second-order valence-corrected chi connectivity index (χ2v) is 5.66. The molecule has 2 heterocycles. The zero-order valence-corrected chi connectivity index (χ0v) is 11.7. The number of ether oxygens (including phenoxy) is 1. The molecule has 0 bridgehead atoms. The first kappa shape index (κ1) is 12.7. The van der Waals surface area contributed by atoms with Crippen molar-refractivity contribution in [1.29, 1.82) is 0 Å². The van der Waals surface area contributed by atoms with E-state index in [-0.39, 0.29) is 5.41 Å². The molecular formula is C16H22N2O. The largest absolute Gasteiger partial charge is 0.379 e. The number of fused-ring (bicyclic) bond motifs is 1. The van der Waals surface area contributed by atoms with Gasteiger partial charge < -0.3 is 15.5 Å². The molecule has 1 atom stereocenters. The Hall–Kier alpha value is -1.32. The fraction of sp³-hybridized carbons (Fsp3) is 0.500. The number of hydrogen-bond donors (Lipinski definition) is 2. The van der Waals surface area contributed by atoms with Crippen LogP contribution in [-0.2, 0) is 10.2 Å². The summed E-state index contributed by atoms with van der Waals surface area (Å²) in [5.41, 5.74) is 10.0. The molecule has 3 N–H and O–H groups in total. The van der Waals surface area contributed by atoms with E-state index in [1.165, 1.54) is 22.2 Å². The van der Waals surface area contributed by atoms with Crippen molar-refractivity contribution in [2.45, 2.75) is 25.7 Å². The Kier molecular flexibility index (Phi) is 3.11. The minimum Gasteiger partial charge on any atom is -0.379 e. The van der Waals surface area contributed by atoms with Crippen LogP contribution in [0.25, 0.3) is 10.9 Å². The smallest absolute Gasteiger partial charge is 0.0589 e. The summed E-state index contributed by atoms with van der Waals surface area (Å²) in [4.78, 5) is 3.51. The predicted molar refractivity (Wildman–Crippen MR) is 78.4 cm³/mol. The summed E-state index contributed by atoms with van der Waals surface area (Å²) in [6, 6.07) is 8.53. The minimum absolute atomic E-state index is 0.104. The normalized spacial score (nSPS) is 19.3. The third kappa shape index (κ3) is 1.72. The molecule has 1 aliphatic heterocycles. The van der Waals surface area contributed by atoms with Crippen LogP contribution in [0.1, 0.15) is 24.6 Å². The van der Waals surface area contributed by atoms with Crippen LogP contribution in [-0.4, -0.2) is 24.7 Å². The van der Waals surface area contributed by atoms with Crippen LogP contribution in [0.15, 0.2) is 24.3 Å². The number of rotatable bonds is 4. The summed E-state index contributed by atoms with van der Waals surface area (Å²) in [5, 5.41) is 1.33. The Labute approximate surface area is 114 Å². The molecule has 1 unspecified atom stereocenters. The maximum atomic E-state index is 6.01. The number of aryl methyl sites for hydroxylation is 1. The van der Waals surface area contributed by atoms with Crippen LogP contribution in [0.3, 0.4) is 0 Å². The molecule has 0 saturated carbocycles. The van der Waals surface area contributed by atoms with Gasteiger partial charge in [-0.15, -0.1) is 0 Å². The molecule has 3 nitrogen and oxygen atoms in total. The highest BCUT2D eigenvalue weighted by molar-refractivity contribution is 5.86. The van der Waals surface area contributed by atoms with Gasteiger partial charge in [0, 0.05) is 22.0 Å². The first-order valence-electron chi connectivity index (χ1n) is 7.08. The minimum atomic E-state index is 0.104. The van der Waals surface area contributed by atoms with Gasteiger partial charge in [-0.05, 0) is 31.0 Å². The molecule has 3 rings (SSSR count). The summed E-state index contributed by atoms with van der Waals surface area (Å²) in [5.74, 6) is 0.485. The Morgan fingerprint density at radius 1 is 1.37 bits per heavy atom. The second-order valence-electron chi connectivity index (χ2n) is 5.66. The molecule has 1 aromatic carbocycles. The number of aromatic nitrogens is 1. The highest BCUT2D eigenvalue weighted by atomic mass is 16.5. The third-order valence-electron chi connectivity index (χ3n) is 4.67. The number of para-hydroxylation sites is 1. The van der Waals surface area contributed by atoms with E-state index < -0.39 is 0 Å². The topological polar surface area (TPSA) is 51.0 Å². The Balaban J connectivity index is 2.19. The SMILES string of the molecule is CCC(CN)C1(c2c(C)[nH]c3ccccc23)COC1. The molecular weight excluding hydrogens is 236 g/mol. The van der Waals surface area contributed by atoms with Crippen molar-refractivity contribution in [2.24, 2.45) is 11.7 Å². The van der Waals surface area contributed by atoms with E-state index in [2.05, 4.69) is 43.1 Å². The van der Waals surface area contributed by atoms with Crippen LogP contribution < -0.4 is 5.73 Å². The van der Waals surface area contributed by atoms with Gasteiger partial charge in [0.1, 0.15) is 0 Å². The summed E-state index contributed by atoms with van der Waals surface area (Å²) >= 11 is 0. The van der Waals surface area contributed by atoms with Crippen molar-refractivity contribution in [3.63, 3.8) is 0 Å².